The number of hydrogen-bond acceptors (Lipinski definition) is 3. The number of rotatable bonds is 2. The molecule has 1 amide bonds. The fourth-order valence-electron chi connectivity index (χ4n) is 2.74. The van der Waals surface area contributed by atoms with E-state index in [-0.39, 0.29) is 24.9 Å². The van der Waals surface area contributed by atoms with E-state index < -0.39 is 17.7 Å². The summed E-state index contributed by atoms with van der Waals surface area (Å²) < 4.78 is 32.4. The number of benzene rings is 1. The van der Waals surface area contributed by atoms with E-state index in [0.717, 1.165) is 6.07 Å². The Morgan fingerprint density at radius 1 is 1.38 bits per heavy atom. The molecule has 2 heterocycles. The van der Waals surface area contributed by atoms with Crippen LogP contribution in [0.4, 0.5) is 19.3 Å². The molecule has 126 valence electrons. The number of carboxylic acid groups (broad SMARTS) is 1. The van der Waals surface area contributed by atoms with Crippen LogP contribution in [0.5, 0.6) is 5.88 Å². The molecule has 0 aliphatic carbocycles. The van der Waals surface area contributed by atoms with Crippen LogP contribution in [0, 0.1) is 18.6 Å². The van der Waals surface area contributed by atoms with Gasteiger partial charge in [0.2, 0.25) is 5.88 Å². The molecule has 0 saturated heterocycles. The molecule has 0 bridgehead atoms. The topological polar surface area (TPSA) is 62.7 Å². The van der Waals surface area contributed by atoms with Crippen LogP contribution >= 0.6 is 0 Å². The van der Waals surface area contributed by atoms with Gasteiger partial charge < -0.3 is 9.84 Å². The maximum absolute atomic E-state index is 13.9. The Morgan fingerprint density at radius 2 is 2.12 bits per heavy atom. The highest BCUT2D eigenvalue weighted by Gasteiger charge is 2.31. The van der Waals surface area contributed by atoms with Crippen LogP contribution in [-0.2, 0) is 6.42 Å². The molecule has 24 heavy (non-hydrogen) atoms. The standard InChI is InChI=1S/C17H16F2N2O3/c1-9-8-24-16-15(21(9)17(22)23)6-12(10(2)20-16)5-11-3-4-13(18)7-14(11)19/h3-4,6-7,9H,5,8H2,1-2H3,(H,22,23)/t9-/m0/s1. The Kier molecular flexibility index (Phi) is 4.09. The quantitative estimate of drug-likeness (QED) is 0.913. The van der Waals surface area contributed by atoms with Gasteiger partial charge >= 0.3 is 6.09 Å². The van der Waals surface area contributed by atoms with Gasteiger partial charge in [-0.2, -0.15) is 0 Å². The van der Waals surface area contributed by atoms with Crippen molar-refractivity contribution in [2.24, 2.45) is 0 Å². The molecular weight excluding hydrogens is 318 g/mol. The second-order valence-electron chi connectivity index (χ2n) is 5.78. The summed E-state index contributed by atoms with van der Waals surface area (Å²) in [7, 11) is 0. The first-order valence-electron chi connectivity index (χ1n) is 7.46. The van der Waals surface area contributed by atoms with Crippen molar-refractivity contribution >= 4 is 11.8 Å². The second-order valence-corrected chi connectivity index (χ2v) is 5.78. The van der Waals surface area contributed by atoms with Gasteiger partial charge in [0.15, 0.2) is 0 Å². The maximum Gasteiger partial charge on any atom is 0.412 e. The maximum atomic E-state index is 13.9. The number of nitrogens with zero attached hydrogens (tertiary/aromatic N) is 2. The van der Waals surface area contributed by atoms with Crippen molar-refractivity contribution in [1.29, 1.82) is 0 Å². The van der Waals surface area contributed by atoms with E-state index in [1.807, 2.05) is 0 Å². The normalized spacial score (nSPS) is 16.5. The number of amides is 1. The SMILES string of the molecule is Cc1nc2c(cc1Cc1ccc(F)cc1F)N(C(=O)O)[C@@H](C)CO2. The Labute approximate surface area is 137 Å². The summed E-state index contributed by atoms with van der Waals surface area (Å²) in [6.07, 6.45) is -0.920. The van der Waals surface area contributed by atoms with Crippen LogP contribution in [0.15, 0.2) is 24.3 Å². The molecular formula is C17H16F2N2O3. The number of halogens is 2. The Hall–Kier alpha value is -2.70. The van der Waals surface area contributed by atoms with E-state index in [2.05, 4.69) is 4.98 Å². The molecule has 5 nitrogen and oxygen atoms in total. The Balaban J connectivity index is 2.02. The zero-order chi connectivity index (χ0) is 17.4. The second kappa shape index (κ2) is 6.07. The van der Waals surface area contributed by atoms with Crippen LogP contribution in [0.3, 0.4) is 0 Å². The zero-order valence-electron chi connectivity index (χ0n) is 13.2. The lowest BCUT2D eigenvalue weighted by Gasteiger charge is -2.32. The molecule has 1 aliphatic heterocycles. The van der Waals surface area contributed by atoms with Gasteiger partial charge in [-0.3, -0.25) is 4.90 Å². The van der Waals surface area contributed by atoms with Crippen molar-refractivity contribution in [3.8, 4) is 5.88 Å². The number of aromatic nitrogens is 1. The summed E-state index contributed by atoms with van der Waals surface area (Å²) in [5.41, 5.74) is 1.91. The average Bonchev–Trinajstić information content (AvgIpc) is 2.50. The van der Waals surface area contributed by atoms with Gasteiger partial charge in [0.05, 0.1) is 6.04 Å². The molecule has 0 saturated carbocycles. The number of carbonyl (C=O) groups is 1. The fraction of sp³-hybridized carbons (Fsp3) is 0.294. The van der Waals surface area contributed by atoms with E-state index in [9.17, 15) is 18.7 Å². The van der Waals surface area contributed by atoms with Gasteiger partial charge in [-0.15, -0.1) is 0 Å². The minimum absolute atomic E-state index is 0.181. The van der Waals surface area contributed by atoms with Gasteiger partial charge in [-0.05, 0) is 37.1 Å². The monoisotopic (exact) mass is 334 g/mol. The third kappa shape index (κ3) is 2.89. The average molecular weight is 334 g/mol. The first-order chi connectivity index (χ1) is 11.4. The van der Waals surface area contributed by atoms with Crippen molar-refractivity contribution in [2.75, 3.05) is 11.5 Å². The van der Waals surface area contributed by atoms with Gasteiger partial charge in [0, 0.05) is 18.2 Å². The summed E-state index contributed by atoms with van der Waals surface area (Å²) >= 11 is 0. The van der Waals surface area contributed by atoms with E-state index in [1.54, 1.807) is 19.9 Å². The summed E-state index contributed by atoms with van der Waals surface area (Å²) in [5, 5.41) is 9.42. The molecule has 0 fully saturated rings. The molecule has 0 unspecified atom stereocenters. The van der Waals surface area contributed by atoms with Crippen LogP contribution in [0.1, 0.15) is 23.7 Å². The number of ether oxygens (including phenoxy) is 1. The third-order valence-electron chi connectivity index (χ3n) is 4.03. The Morgan fingerprint density at radius 3 is 2.79 bits per heavy atom. The van der Waals surface area contributed by atoms with Gasteiger partial charge in [-0.1, -0.05) is 6.07 Å². The van der Waals surface area contributed by atoms with Crippen molar-refractivity contribution in [2.45, 2.75) is 26.3 Å². The molecule has 1 aromatic heterocycles. The molecule has 7 heteroatoms. The minimum atomic E-state index is -1.10. The first-order valence-corrected chi connectivity index (χ1v) is 7.46. The van der Waals surface area contributed by atoms with E-state index in [1.165, 1.54) is 17.0 Å². The smallest absolute Gasteiger partial charge is 0.412 e. The largest absolute Gasteiger partial charge is 0.474 e. The number of hydrogen-bond donors (Lipinski definition) is 1. The third-order valence-corrected chi connectivity index (χ3v) is 4.03. The molecule has 0 radical (unpaired) electrons. The lowest BCUT2D eigenvalue weighted by molar-refractivity contribution is 0.188. The molecule has 2 aromatic rings. The van der Waals surface area contributed by atoms with E-state index in [0.29, 0.717) is 22.5 Å². The number of fused-ring (bicyclic) bond motifs is 1. The van der Waals surface area contributed by atoms with E-state index >= 15 is 0 Å². The molecule has 1 atom stereocenters. The van der Waals surface area contributed by atoms with Crippen LogP contribution in [-0.4, -0.2) is 28.8 Å². The van der Waals surface area contributed by atoms with Crippen LogP contribution < -0.4 is 9.64 Å². The fourth-order valence-corrected chi connectivity index (χ4v) is 2.74. The van der Waals surface area contributed by atoms with Crippen LogP contribution in [0.2, 0.25) is 0 Å². The van der Waals surface area contributed by atoms with Gasteiger partial charge in [0.1, 0.15) is 23.9 Å². The highest BCUT2D eigenvalue weighted by Crippen LogP contribution is 2.34. The number of aryl methyl sites for hydroxylation is 1. The van der Waals surface area contributed by atoms with Crippen LogP contribution in [0.25, 0.3) is 0 Å². The summed E-state index contributed by atoms with van der Waals surface area (Å²) in [4.78, 5) is 17.0. The van der Waals surface area contributed by atoms with Gasteiger partial charge in [-0.25, -0.2) is 18.6 Å². The lowest BCUT2D eigenvalue weighted by Crippen LogP contribution is -2.44. The lowest BCUT2D eigenvalue weighted by atomic mass is 10.0. The highest BCUT2D eigenvalue weighted by atomic mass is 19.1. The summed E-state index contributed by atoms with van der Waals surface area (Å²) in [6.45, 7) is 3.69. The van der Waals surface area contributed by atoms with E-state index in [4.69, 9.17) is 4.74 Å². The Bertz CT molecular complexity index is 811. The zero-order valence-corrected chi connectivity index (χ0v) is 13.2. The summed E-state index contributed by atoms with van der Waals surface area (Å²) in [6, 6.07) is 4.68. The molecule has 3 rings (SSSR count). The number of pyridine rings is 1. The molecule has 1 aliphatic rings. The first kappa shape index (κ1) is 16.2. The summed E-state index contributed by atoms with van der Waals surface area (Å²) in [5.74, 6) is -1.04. The highest BCUT2D eigenvalue weighted by molar-refractivity contribution is 5.89. The molecule has 1 N–H and O–H groups in total. The van der Waals surface area contributed by atoms with Crippen molar-refractivity contribution in [1.82, 2.24) is 4.98 Å². The predicted octanol–water partition coefficient (Wildman–Crippen LogP) is 3.52. The minimum Gasteiger partial charge on any atom is -0.474 e. The van der Waals surface area contributed by atoms with Crippen molar-refractivity contribution in [3.05, 3.63) is 52.7 Å². The number of anilines is 1. The predicted molar refractivity (Wildman–Crippen MR) is 83.6 cm³/mol. The van der Waals surface area contributed by atoms with Crippen molar-refractivity contribution < 1.29 is 23.4 Å². The van der Waals surface area contributed by atoms with Gasteiger partial charge in [0.25, 0.3) is 0 Å². The molecule has 0 spiro atoms. The van der Waals surface area contributed by atoms with Crippen molar-refractivity contribution in [3.63, 3.8) is 0 Å². The molecule has 1 aromatic carbocycles.